The zero-order valence-corrected chi connectivity index (χ0v) is 17.5. The fourth-order valence-corrected chi connectivity index (χ4v) is 1.99. The minimum Gasteiger partial charge on any atom is -0.379 e. The van der Waals surface area contributed by atoms with Crippen LogP contribution in [0.4, 0.5) is 0 Å². The van der Waals surface area contributed by atoms with Gasteiger partial charge in [-0.3, -0.25) is 9.79 Å². The molecule has 0 atom stereocenters. The van der Waals surface area contributed by atoms with Crippen molar-refractivity contribution < 1.29 is 9.53 Å². The van der Waals surface area contributed by atoms with Crippen molar-refractivity contribution in [2.75, 3.05) is 46.9 Å². The molecule has 7 heteroatoms. The van der Waals surface area contributed by atoms with Crippen molar-refractivity contribution in [2.24, 2.45) is 16.3 Å². The van der Waals surface area contributed by atoms with Gasteiger partial charge >= 0.3 is 0 Å². The zero-order chi connectivity index (χ0) is 16.6. The number of carbonyl (C=O) groups excluding carboxylic acids is 1. The highest BCUT2D eigenvalue weighted by atomic mass is 127. The largest absolute Gasteiger partial charge is 0.379 e. The predicted molar refractivity (Wildman–Crippen MR) is 105 cm³/mol. The van der Waals surface area contributed by atoms with Crippen molar-refractivity contribution in [1.29, 1.82) is 0 Å². The third-order valence-electron chi connectivity index (χ3n) is 3.78. The first kappa shape index (κ1) is 22.4. The molecule has 1 rings (SSSR count). The van der Waals surface area contributed by atoms with Crippen molar-refractivity contribution in [3.05, 3.63) is 0 Å². The van der Waals surface area contributed by atoms with E-state index in [4.69, 9.17) is 4.74 Å². The number of halogens is 1. The van der Waals surface area contributed by atoms with E-state index in [0.717, 1.165) is 31.6 Å². The van der Waals surface area contributed by atoms with E-state index < -0.39 is 5.41 Å². The second-order valence-electron chi connectivity index (χ2n) is 6.57. The smallest absolute Gasteiger partial charge is 0.227 e. The molecule has 0 aromatic rings. The number of likely N-dealkylation sites (N-methyl/N-ethyl adjacent to an activating group) is 1. The molecule has 0 saturated heterocycles. The van der Waals surface area contributed by atoms with E-state index in [-0.39, 0.29) is 29.9 Å². The second kappa shape index (κ2) is 11.1. The number of amides is 1. The van der Waals surface area contributed by atoms with Gasteiger partial charge in [0.25, 0.3) is 0 Å². The molecule has 2 N–H and O–H groups in total. The molecular weight excluding hydrogens is 407 g/mol. The van der Waals surface area contributed by atoms with Crippen LogP contribution >= 0.6 is 24.0 Å². The van der Waals surface area contributed by atoms with Crippen molar-refractivity contribution in [3.8, 4) is 0 Å². The third-order valence-corrected chi connectivity index (χ3v) is 3.78. The Morgan fingerprint density at radius 3 is 2.57 bits per heavy atom. The Morgan fingerprint density at radius 1 is 1.39 bits per heavy atom. The van der Waals surface area contributed by atoms with E-state index in [2.05, 4.69) is 20.5 Å². The Morgan fingerprint density at radius 2 is 2.04 bits per heavy atom. The number of hydrogen-bond acceptors (Lipinski definition) is 3. The number of rotatable bonds is 9. The van der Waals surface area contributed by atoms with E-state index in [0.29, 0.717) is 13.2 Å². The topological polar surface area (TPSA) is 66.0 Å². The van der Waals surface area contributed by atoms with Gasteiger partial charge in [-0.2, -0.15) is 0 Å². The molecule has 136 valence electrons. The van der Waals surface area contributed by atoms with Gasteiger partial charge in [-0.05, 0) is 39.5 Å². The van der Waals surface area contributed by atoms with E-state index in [1.165, 1.54) is 12.8 Å². The fourth-order valence-electron chi connectivity index (χ4n) is 1.99. The highest BCUT2D eigenvalue weighted by molar-refractivity contribution is 14.0. The van der Waals surface area contributed by atoms with E-state index in [1.807, 2.05) is 27.8 Å². The Labute approximate surface area is 157 Å². The summed E-state index contributed by atoms with van der Waals surface area (Å²) in [6.45, 7) is 9.46. The molecule has 0 aliphatic heterocycles. The minimum absolute atomic E-state index is 0. The summed E-state index contributed by atoms with van der Waals surface area (Å²) < 4.78 is 5.67. The molecule has 1 saturated carbocycles. The molecule has 1 amide bonds. The van der Waals surface area contributed by atoms with Crippen molar-refractivity contribution in [1.82, 2.24) is 15.5 Å². The Bertz CT molecular complexity index is 384. The van der Waals surface area contributed by atoms with Crippen LogP contribution in [-0.4, -0.2) is 63.7 Å². The molecule has 0 heterocycles. The van der Waals surface area contributed by atoms with Gasteiger partial charge in [-0.15, -0.1) is 24.0 Å². The molecule has 1 fully saturated rings. The highest BCUT2D eigenvalue weighted by Gasteiger charge is 2.26. The number of carbonyl (C=O) groups is 1. The van der Waals surface area contributed by atoms with Gasteiger partial charge < -0.3 is 20.3 Å². The van der Waals surface area contributed by atoms with Crippen LogP contribution in [0.1, 0.15) is 33.6 Å². The van der Waals surface area contributed by atoms with Gasteiger partial charge in [-0.1, -0.05) is 0 Å². The number of guanidine groups is 1. The summed E-state index contributed by atoms with van der Waals surface area (Å²) in [6, 6.07) is 0. The van der Waals surface area contributed by atoms with Crippen LogP contribution in [-0.2, 0) is 9.53 Å². The molecule has 0 bridgehead atoms. The van der Waals surface area contributed by atoms with Crippen LogP contribution in [0.25, 0.3) is 0 Å². The number of nitrogens with zero attached hydrogens (tertiary/aromatic N) is 2. The third kappa shape index (κ3) is 8.74. The number of aliphatic imine (C=N–C) groups is 1. The number of hydrogen-bond donors (Lipinski definition) is 2. The molecule has 23 heavy (non-hydrogen) atoms. The first-order chi connectivity index (χ1) is 10.4. The Hall–Kier alpha value is -0.570. The van der Waals surface area contributed by atoms with Crippen molar-refractivity contribution >= 4 is 35.8 Å². The SMILES string of the molecule is CCNC(=NCC(C)(C)C(=O)NC)N(C)CCOCC1CC1.I. The summed E-state index contributed by atoms with van der Waals surface area (Å²) >= 11 is 0. The molecule has 1 aliphatic rings. The average Bonchev–Trinajstić information content (AvgIpc) is 3.30. The van der Waals surface area contributed by atoms with Gasteiger partial charge in [-0.25, -0.2) is 0 Å². The average molecular weight is 440 g/mol. The van der Waals surface area contributed by atoms with Crippen LogP contribution in [0, 0.1) is 11.3 Å². The van der Waals surface area contributed by atoms with Gasteiger partial charge in [0.15, 0.2) is 5.96 Å². The maximum absolute atomic E-state index is 11.8. The lowest BCUT2D eigenvalue weighted by Crippen LogP contribution is -2.42. The minimum atomic E-state index is -0.515. The van der Waals surface area contributed by atoms with E-state index in [1.54, 1.807) is 7.05 Å². The zero-order valence-electron chi connectivity index (χ0n) is 15.1. The Kier molecular flexibility index (Phi) is 10.8. The fraction of sp³-hybridized carbons (Fsp3) is 0.875. The van der Waals surface area contributed by atoms with Gasteiger partial charge in [0.05, 0.1) is 18.6 Å². The standard InChI is InChI=1S/C16H32N4O2.HI/c1-6-18-15(19-12-16(2,3)14(21)17-4)20(5)9-10-22-11-13-7-8-13;/h13H,6-12H2,1-5H3,(H,17,21)(H,18,19);1H. The maximum Gasteiger partial charge on any atom is 0.227 e. The Balaban J connectivity index is 0.00000484. The first-order valence-corrected chi connectivity index (χ1v) is 8.20. The molecule has 0 aromatic heterocycles. The molecule has 0 spiro atoms. The summed E-state index contributed by atoms with van der Waals surface area (Å²) in [5, 5.41) is 5.95. The van der Waals surface area contributed by atoms with Crippen LogP contribution < -0.4 is 10.6 Å². The molecule has 0 aromatic carbocycles. The molecule has 0 radical (unpaired) electrons. The highest BCUT2D eigenvalue weighted by Crippen LogP contribution is 2.28. The monoisotopic (exact) mass is 440 g/mol. The maximum atomic E-state index is 11.8. The van der Waals surface area contributed by atoms with Crippen LogP contribution in [0.15, 0.2) is 4.99 Å². The van der Waals surface area contributed by atoms with Gasteiger partial charge in [0.1, 0.15) is 0 Å². The lowest BCUT2D eigenvalue weighted by molar-refractivity contribution is -0.128. The van der Waals surface area contributed by atoms with Crippen LogP contribution in [0.3, 0.4) is 0 Å². The summed E-state index contributed by atoms with van der Waals surface area (Å²) in [6.07, 6.45) is 2.63. The quantitative estimate of drug-likeness (QED) is 0.248. The van der Waals surface area contributed by atoms with Crippen molar-refractivity contribution in [3.63, 3.8) is 0 Å². The summed E-state index contributed by atoms with van der Waals surface area (Å²) in [4.78, 5) is 18.5. The predicted octanol–water partition coefficient (Wildman–Crippen LogP) is 1.70. The lowest BCUT2D eigenvalue weighted by atomic mass is 9.93. The molecular formula is C16H33IN4O2. The number of ether oxygens (including phenoxy) is 1. The lowest BCUT2D eigenvalue weighted by Gasteiger charge is -2.25. The summed E-state index contributed by atoms with van der Waals surface area (Å²) in [7, 11) is 3.65. The first-order valence-electron chi connectivity index (χ1n) is 8.20. The van der Waals surface area contributed by atoms with Gasteiger partial charge in [0.2, 0.25) is 5.91 Å². The molecule has 1 aliphatic carbocycles. The normalized spacial score (nSPS) is 14.9. The summed E-state index contributed by atoms with van der Waals surface area (Å²) in [5.41, 5.74) is -0.515. The summed E-state index contributed by atoms with van der Waals surface area (Å²) in [5.74, 6) is 1.61. The van der Waals surface area contributed by atoms with Crippen molar-refractivity contribution in [2.45, 2.75) is 33.6 Å². The van der Waals surface area contributed by atoms with Crippen LogP contribution in [0.2, 0.25) is 0 Å². The molecule has 6 nitrogen and oxygen atoms in total. The van der Waals surface area contributed by atoms with Gasteiger partial charge in [0, 0.05) is 33.8 Å². The van der Waals surface area contributed by atoms with Crippen LogP contribution in [0.5, 0.6) is 0 Å². The van der Waals surface area contributed by atoms with E-state index in [9.17, 15) is 4.79 Å². The molecule has 0 unspecified atom stereocenters. The second-order valence-corrected chi connectivity index (χ2v) is 6.57. The van der Waals surface area contributed by atoms with E-state index >= 15 is 0 Å². The number of nitrogens with one attached hydrogen (secondary N) is 2.